The molecule has 1 aromatic heterocycles. The van der Waals surface area contributed by atoms with Gasteiger partial charge in [-0.25, -0.2) is 0 Å². The smallest absolute Gasteiger partial charge is 0.446 e. The number of furan rings is 1. The van der Waals surface area contributed by atoms with E-state index in [9.17, 15) is 18.0 Å². The summed E-state index contributed by atoms with van der Waals surface area (Å²) >= 11 is -0.287. The molecule has 1 heterocycles. The third-order valence-corrected chi connectivity index (χ3v) is 3.34. The fourth-order valence-corrected chi connectivity index (χ4v) is 2.31. The lowest BCUT2D eigenvalue weighted by Crippen LogP contribution is -2.12. The Labute approximate surface area is 128 Å². The van der Waals surface area contributed by atoms with Crippen molar-refractivity contribution in [2.45, 2.75) is 17.0 Å². The van der Waals surface area contributed by atoms with Gasteiger partial charge in [-0.15, -0.1) is 0 Å². The van der Waals surface area contributed by atoms with Gasteiger partial charge in [0.15, 0.2) is 5.76 Å². The first-order valence-electron chi connectivity index (χ1n) is 6.13. The van der Waals surface area contributed by atoms with Crippen LogP contribution < -0.4 is 5.32 Å². The fraction of sp³-hybridized carbons (Fsp3) is 0.214. The molecule has 22 heavy (non-hydrogen) atoms. The Morgan fingerprint density at radius 1 is 1.27 bits per heavy atom. The molecule has 0 saturated heterocycles. The molecule has 0 aliphatic carbocycles. The lowest BCUT2D eigenvalue weighted by Gasteiger charge is -2.11. The molecule has 0 unspecified atom stereocenters. The molecule has 4 nitrogen and oxygen atoms in total. The molecular formula is C14H12F3NO3S. The normalized spacial score (nSPS) is 11.5. The molecule has 0 aliphatic heterocycles. The van der Waals surface area contributed by atoms with E-state index in [2.05, 4.69) is 5.32 Å². The van der Waals surface area contributed by atoms with Crippen LogP contribution >= 0.6 is 11.8 Å². The summed E-state index contributed by atoms with van der Waals surface area (Å²) < 4.78 is 47.6. The Bertz CT molecular complexity index is 655. The predicted octanol–water partition coefficient (Wildman–Crippen LogP) is 4.29. The van der Waals surface area contributed by atoms with Crippen LogP contribution in [0.2, 0.25) is 0 Å². The topological polar surface area (TPSA) is 51.5 Å². The van der Waals surface area contributed by atoms with E-state index in [4.69, 9.17) is 9.15 Å². The number of para-hydroxylation sites is 1. The molecule has 1 aromatic carbocycles. The van der Waals surface area contributed by atoms with Crippen molar-refractivity contribution in [1.29, 1.82) is 0 Å². The number of thioether (sulfide) groups is 1. The zero-order valence-electron chi connectivity index (χ0n) is 11.4. The van der Waals surface area contributed by atoms with Crippen molar-refractivity contribution in [3.8, 4) is 0 Å². The molecule has 1 N–H and O–H groups in total. The van der Waals surface area contributed by atoms with Crippen LogP contribution in [0.5, 0.6) is 0 Å². The number of benzene rings is 1. The van der Waals surface area contributed by atoms with Gasteiger partial charge in [-0.1, -0.05) is 12.1 Å². The van der Waals surface area contributed by atoms with E-state index in [-0.39, 0.29) is 34.7 Å². The molecule has 0 aliphatic rings. The minimum atomic E-state index is -4.43. The number of alkyl halides is 3. The standard InChI is InChI=1S/C14H12F3NO3S/c1-20-8-9-6-7-11(21-9)13(19)18-10-4-2-3-5-12(10)22-14(15,16)17/h2-7H,8H2,1H3,(H,18,19). The zero-order valence-corrected chi connectivity index (χ0v) is 12.3. The number of hydrogen-bond donors (Lipinski definition) is 1. The number of anilines is 1. The third-order valence-electron chi connectivity index (χ3n) is 2.53. The van der Waals surface area contributed by atoms with Gasteiger partial charge in [-0.05, 0) is 36.0 Å². The van der Waals surface area contributed by atoms with Crippen molar-refractivity contribution in [3.05, 3.63) is 47.9 Å². The monoisotopic (exact) mass is 331 g/mol. The van der Waals surface area contributed by atoms with Gasteiger partial charge in [0, 0.05) is 12.0 Å². The highest BCUT2D eigenvalue weighted by atomic mass is 32.2. The largest absolute Gasteiger partial charge is 0.453 e. The van der Waals surface area contributed by atoms with Gasteiger partial charge in [0.05, 0.1) is 5.69 Å². The van der Waals surface area contributed by atoms with Gasteiger partial charge in [0.1, 0.15) is 12.4 Å². The number of hydrogen-bond acceptors (Lipinski definition) is 4. The number of carbonyl (C=O) groups excluding carboxylic acids is 1. The fourth-order valence-electron chi connectivity index (χ4n) is 1.69. The second-order valence-electron chi connectivity index (χ2n) is 4.20. The summed E-state index contributed by atoms with van der Waals surface area (Å²) in [6.45, 7) is 0.202. The zero-order chi connectivity index (χ0) is 16.2. The maximum Gasteiger partial charge on any atom is 0.446 e. The van der Waals surface area contributed by atoms with Gasteiger partial charge in [0.25, 0.3) is 5.91 Å². The average Bonchev–Trinajstić information content (AvgIpc) is 2.88. The van der Waals surface area contributed by atoms with Crippen molar-refractivity contribution in [2.75, 3.05) is 12.4 Å². The summed E-state index contributed by atoms with van der Waals surface area (Å²) in [6.07, 6.45) is 0. The van der Waals surface area contributed by atoms with E-state index >= 15 is 0 Å². The highest BCUT2D eigenvalue weighted by Gasteiger charge is 2.30. The summed E-state index contributed by atoms with van der Waals surface area (Å²) in [4.78, 5) is 11.9. The average molecular weight is 331 g/mol. The molecule has 1 amide bonds. The number of rotatable bonds is 5. The lowest BCUT2D eigenvalue weighted by molar-refractivity contribution is -0.0328. The van der Waals surface area contributed by atoms with Gasteiger partial charge in [-0.2, -0.15) is 13.2 Å². The van der Waals surface area contributed by atoms with Crippen molar-refractivity contribution in [1.82, 2.24) is 0 Å². The van der Waals surface area contributed by atoms with Crippen LogP contribution in [-0.4, -0.2) is 18.5 Å². The molecular weight excluding hydrogens is 319 g/mol. The van der Waals surface area contributed by atoms with Gasteiger partial charge < -0.3 is 14.5 Å². The predicted molar refractivity (Wildman–Crippen MR) is 75.7 cm³/mol. The van der Waals surface area contributed by atoms with Crippen LogP contribution in [-0.2, 0) is 11.3 Å². The SMILES string of the molecule is COCc1ccc(C(=O)Nc2ccccc2SC(F)(F)F)o1. The number of ether oxygens (including phenoxy) is 1. The summed E-state index contributed by atoms with van der Waals surface area (Å²) in [5.41, 5.74) is -4.36. The number of methoxy groups -OCH3 is 1. The van der Waals surface area contributed by atoms with E-state index in [0.717, 1.165) is 0 Å². The second kappa shape index (κ2) is 6.89. The van der Waals surface area contributed by atoms with E-state index in [1.54, 1.807) is 6.07 Å². The highest BCUT2D eigenvalue weighted by Crippen LogP contribution is 2.40. The van der Waals surface area contributed by atoms with Crippen LogP contribution in [0.25, 0.3) is 0 Å². The first-order chi connectivity index (χ1) is 10.4. The number of amides is 1. The van der Waals surface area contributed by atoms with Crippen LogP contribution in [0.3, 0.4) is 0 Å². The molecule has 2 rings (SSSR count). The van der Waals surface area contributed by atoms with E-state index in [1.807, 2.05) is 0 Å². The van der Waals surface area contributed by atoms with Crippen LogP contribution in [0.1, 0.15) is 16.3 Å². The van der Waals surface area contributed by atoms with Crippen LogP contribution in [0.4, 0.5) is 18.9 Å². The van der Waals surface area contributed by atoms with Crippen LogP contribution in [0.15, 0.2) is 45.7 Å². The maximum absolute atomic E-state index is 12.5. The lowest BCUT2D eigenvalue weighted by atomic mass is 10.3. The molecule has 0 atom stereocenters. The summed E-state index contributed by atoms with van der Waals surface area (Å²) in [7, 11) is 1.48. The third kappa shape index (κ3) is 4.54. The van der Waals surface area contributed by atoms with E-state index < -0.39 is 11.4 Å². The molecule has 0 fully saturated rings. The molecule has 0 saturated carbocycles. The van der Waals surface area contributed by atoms with Crippen LogP contribution in [0, 0.1) is 0 Å². The molecule has 0 spiro atoms. The van der Waals surface area contributed by atoms with E-state index in [0.29, 0.717) is 5.76 Å². The Hall–Kier alpha value is -1.93. The van der Waals surface area contributed by atoms with Crippen molar-refractivity contribution >= 4 is 23.4 Å². The molecule has 8 heteroatoms. The minimum Gasteiger partial charge on any atom is -0.453 e. The Kier molecular flexibility index (Phi) is 5.15. The van der Waals surface area contributed by atoms with Gasteiger partial charge in [0.2, 0.25) is 0 Å². The Morgan fingerprint density at radius 3 is 2.68 bits per heavy atom. The summed E-state index contributed by atoms with van der Waals surface area (Å²) in [5, 5.41) is 2.41. The Morgan fingerprint density at radius 2 is 2.00 bits per heavy atom. The van der Waals surface area contributed by atoms with E-state index in [1.165, 1.54) is 37.4 Å². The summed E-state index contributed by atoms with van der Waals surface area (Å²) in [6, 6.07) is 8.68. The van der Waals surface area contributed by atoms with Crippen molar-refractivity contribution in [2.24, 2.45) is 0 Å². The minimum absolute atomic E-state index is 0.00105. The quantitative estimate of drug-likeness (QED) is 0.831. The molecule has 2 aromatic rings. The first kappa shape index (κ1) is 16.4. The van der Waals surface area contributed by atoms with Crippen molar-refractivity contribution in [3.63, 3.8) is 0 Å². The van der Waals surface area contributed by atoms with Gasteiger partial charge >= 0.3 is 5.51 Å². The molecule has 0 bridgehead atoms. The Balaban J connectivity index is 2.14. The number of carbonyl (C=O) groups is 1. The summed E-state index contributed by atoms with van der Waals surface area (Å²) in [5.74, 6) is -0.179. The van der Waals surface area contributed by atoms with Gasteiger partial charge in [-0.3, -0.25) is 4.79 Å². The maximum atomic E-state index is 12.5. The number of nitrogens with one attached hydrogen (secondary N) is 1. The number of halogens is 3. The van der Waals surface area contributed by atoms with Crippen molar-refractivity contribution < 1.29 is 27.1 Å². The second-order valence-corrected chi connectivity index (χ2v) is 5.30. The molecule has 0 radical (unpaired) electrons. The highest BCUT2D eigenvalue weighted by molar-refractivity contribution is 8.00. The first-order valence-corrected chi connectivity index (χ1v) is 6.94. The molecule has 118 valence electrons.